The van der Waals surface area contributed by atoms with Gasteiger partial charge in [-0.05, 0) is 42.8 Å². The second-order valence-electron chi connectivity index (χ2n) is 5.04. The highest BCUT2D eigenvalue weighted by Gasteiger charge is 2.09. The van der Waals surface area contributed by atoms with Crippen LogP contribution in [0.15, 0.2) is 59.3 Å². The van der Waals surface area contributed by atoms with E-state index in [0.717, 1.165) is 26.6 Å². The Hall–Kier alpha value is -2.07. The van der Waals surface area contributed by atoms with Crippen LogP contribution in [0.5, 0.6) is 0 Å². The highest BCUT2D eigenvalue weighted by molar-refractivity contribution is 9.10. The molecule has 3 rings (SSSR count). The summed E-state index contributed by atoms with van der Waals surface area (Å²) in [6, 6.07) is 14.4. The number of nitrogens with zero attached hydrogens (tertiary/aromatic N) is 1. The summed E-state index contributed by atoms with van der Waals surface area (Å²) in [5, 5.41) is 5.61. The van der Waals surface area contributed by atoms with Gasteiger partial charge in [0.2, 0.25) is 0 Å². The average Bonchev–Trinajstić information content (AvgIpc) is 2.51. The molecule has 0 amide bonds. The SMILES string of the molecule is CC(Nc1ccc(N)c2ccncc12)c1ccc(Br)cc1. The molecular formula is C17H16BrN3. The minimum Gasteiger partial charge on any atom is -0.398 e. The first-order valence-electron chi connectivity index (χ1n) is 6.79. The van der Waals surface area contributed by atoms with Crippen molar-refractivity contribution in [2.75, 3.05) is 11.1 Å². The van der Waals surface area contributed by atoms with Crippen LogP contribution in [0.4, 0.5) is 11.4 Å². The monoisotopic (exact) mass is 341 g/mol. The van der Waals surface area contributed by atoms with Crippen molar-refractivity contribution in [3.63, 3.8) is 0 Å². The lowest BCUT2D eigenvalue weighted by Crippen LogP contribution is -2.07. The highest BCUT2D eigenvalue weighted by atomic mass is 79.9. The maximum Gasteiger partial charge on any atom is 0.0485 e. The smallest absolute Gasteiger partial charge is 0.0485 e. The number of benzene rings is 2. The van der Waals surface area contributed by atoms with Crippen molar-refractivity contribution in [3.05, 3.63) is 64.9 Å². The Morgan fingerprint density at radius 3 is 2.57 bits per heavy atom. The molecule has 21 heavy (non-hydrogen) atoms. The number of halogens is 1. The van der Waals surface area contributed by atoms with Crippen LogP contribution in [0.1, 0.15) is 18.5 Å². The van der Waals surface area contributed by atoms with Gasteiger partial charge in [0.25, 0.3) is 0 Å². The van der Waals surface area contributed by atoms with E-state index in [0.29, 0.717) is 0 Å². The van der Waals surface area contributed by atoms with E-state index in [1.165, 1.54) is 5.56 Å². The fourth-order valence-electron chi connectivity index (χ4n) is 2.41. The number of anilines is 2. The molecule has 0 aliphatic heterocycles. The Bertz CT molecular complexity index is 769. The first-order valence-corrected chi connectivity index (χ1v) is 7.58. The third-order valence-corrected chi connectivity index (χ3v) is 4.12. The van der Waals surface area contributed by atoms with Gasteiger partial charge in [-0.25, -0.2) is 0 Å². The van der Waals surface area contributed by atoms with Crippen molar-refractivity contribution in [1.82, 2.24) is 4.98 Å². The number of fused-ring (bicyclic) bond motifs is 1. The summed E-state index contributed by atoms with van der Waals surface area (Å²) >= 11 is 3.46. The summed E-state index contributed by atoms with van der Waals surface area (Å²) in [4.78, 5) is 4.20. The molecule has 0 aliphatic rings. The minimum absolute atomic E-state index is 0.199. The molecule has 0 bridgehead atoms. The van der Waals surface area contributed by atoms with E-state index in [1.807, 2.05) is 24.4 Å². The number of nitrogens with two attached hydrogens (primary N) is 1. The van der Waals surface area contributed by atoms with Crippen LogP contribution in [0, 0.1) is 0 Å². The molecule has 2 aromatic carbocycles. The predicted octanol–water partition coefficient (Wildman–Crippen LogP) is 4.75. The quantitative estimate of drug-likeness (QED) is 0.675. The zero-order valence-electron chi connectivity index (χ0n) is 11.7. The fraction of sp³-hybridized carbons (Fsp3) is 0.118. The molecule has 106 valence electrons. The topological polar surface area (TPSA) is 50.9 Å². The minimum atomic E-state index is 0.199. The van der Waals surface area contributed by atoms with Crippen molar-refractivity contribution in [3.8, 4) is 0 Å². The molecule has 4 heteroatoms. The molecule has 0 aliphatic carbocycles. The Labute approximate surface area is 132 Å². The molecule has 0 saturated heterocycles. The summed E-state index contributed by atoms with van der Waals surface area (Å²) in [5.74, 6) is 0. The van der Waals surface area contributed by atoms with Gasteiger partial charge < -0.3 is 11.1 Å². The van der Waals surface area contributed by atoms with Crippen LogP contribution in [0.2, 0.25) is 0 Å². The van der Waals surface area contributed by atoms with Gasteiger partial charge >= 0.3 is 0 Å². The highest BCUT2D eigenvalue weighted by Crippen LogP contribution is 2.30. The number of hydrogen-bond acceptors (Lipinski definition) is 3. The molecule has 1 atom stereocenters. The lowest BCUT2D eigenvalue weighted by Gasteiger charge is -2.18. The molecule has 0 saturated carbocycles. The summed E-state index contributed by atoms with van der Waals surface area (Å²) in [7, 11) is 0. The average molecular weight is 342 g/mol. The fourth-order valence-corrected chi connectivity index (χ4v) is 2.67. The first kappa shape index (κ1) is 13.9. The maximum atomic E-state index is 6.02. The van der Waals surface area contributed by atoms with Gasteiger partial charge in [0, 0.05) is 45.1 Å². The van der Waals surface area contributed by atoms with Crippen LogP contribution >= 0.6 is 15.9 Å². The van der Waals surface area contributed by atoms with Crippen LogP contribution in [-0.2, 0) is 0 Å². The van der Waals surface area contributed by atoms with Crippen molar-refractivity contribution >= 4 is 38.1 Å². The van der Waals surface area contributed by atoms with Crippen LogP contribution < -0.4 is 11.1 Å². The molecule has 1 aromatic heterocycles. The first-order chi connectivity index (χ1) is 10.1. The lowest BCUT2D eigenvalue weighted by molar-refractivity contribution is 0.886. The maximum absolute atomic E-state index is 6.02. The number of pyridine rings is 1. The molecule has 0 radical (unpaired) electrons. The van der Waals surface area contributed by atoms with Crippen molar-refractivity contribution in [2.24, 2.45) is 0 Å². The molecule has 3 aromatic rings. The van der Waals surface area contributed by atoms with E-state index >= 15 is 0 Å². The number of hydrogen-bond donors (Lipinski definition) is 2. The summed E-state index contributed by atoms with van der Waals surface area (Å²) in [5.41, 5.74) is 9.07. The number of nitrogens with one attached hydrogen (secondary N) is 1. The van der Waals surface area contributed by atoms with Gasteiger partial charge in [-0.2, -0.15) is 0 Å². The Balaban J connectivity index is 1.95. The summed E-state index contributed by atoms with van der Waals surface area (Å²) < 4.78 is 1.08. The van der Waals surface area contributed by atoms with Crippen LogP contribution in [0.3, 0.4) is 0 Å². The van der Waals surface area contributed by atoms with Crippen LogP contribution in [0.25, 0.3) is 10.8 Å². The Morgan fingerprint density at radius 1 is 1.05 bits per heavy atom. The molecule has 3 nitrogen and oxygen atoms in total. The van der Waals surface area contributed by atoms with E-state index in [9.17, 15) is 0 Å². The zero-order chi connectivity index (χ0) is 14.8. The van der Waals surface area contributed by atoms with Gasteiger partial charge in [0.15, 0.2) is 0 Å². The summed E-state index contributed by atoms with van der Waals surface area (Å²) in [6.07, 6.45) is 3.61. The number of nitrogen functional groups attached to an aromatic ring is 1. The number of rotatable bonds is 3. The second-order valence-corrected chi connectivity index (χ2v) is 5.96. The Kier molecular flexibility index (Phi) is 3.80. The van der Waals surface area contributed by atoms with Crippen molar-refractivity contribution in [2.45, 2.75) is 13.0 Å². The molecule has 1 unspecified atom stereocenters. The lowest BCUT2D eigenvalue weighted by atomic mass is 10.1. The van der Waals surface area contributed by atoms with E-state index in [-0.39, 0.29) is 6.04 Å². The van der Waals surface area contributed by atoms with Gasteiger partial charge in [0.05, 0.1) is 0 Å². The summed E-state index contributed by atoms with van der Waals surface area (Å²) in [6.45, 7) is 2.14. The van der Waals surface area contributed by atoms with Gasteiger partial charge in [0.1, 0.15) is 0 Å². The zero-order valence-corrected chi connectivity index (χ0v) is 13.3. The Morgan fingerprint density at radius 2 is 1.81 bits per heavy atom. The van der Waals surface area contributed by atoms with Crippen LogP contribution in [-0.4, -0.2) is 4.98 Å². The van der Waals surface area contributed by atoms with Gasteiger partial charge in [-0.1, -0.05) is 28.1 Å². The normalized spacial score (nSPS) is 12.3. The van der Waals surface area contributed by atoms with E-state index in [1.54, 1.807) is 6.20 Å². The van der Waals surface area contributed by atoms with Gasteiger partial charge in [-0.3, -0.25) is 4.98 Å². The van der Waals surface area contributed by atoms with Crippen molar-refractivity contribution < 1.29 is 0 Å². The van der Waals surface area contributed by atoms with Gasteiger partial charge in [-0.15, -0.1) is 0 Å². The predicted molar refractivity (Wildman–Crippen MR) is 92.3 cm³/mol. The van der Waals surface area contributed by atoms with E-state index in [2.05, 4.69) is 57.4 Å². The van der Waals surface area contributed by atoms with Crippen molar-refractivity contribution in [1.29, 1.82) is 0 Å². The largest absolute Gasteiger partial charge is 0.398 e. The molecule has 1 heterocycles. The molecule has 3 N–H and O–H groups in total. The molecule has 0 fully saturated rings. The standard InChI is InChI=1S/C17H16BrN3/c1-11(12-2-4-13(18)5-3-12)21-17-7-6-16(19)14-8-9-20-10-15(14)17/h2-11,21H,19H2,1H3. The van der Waals surface area contributed by atoms with E-state index in [4.69, 9.17) is 5.73 Å². The number of aromatic nitrogens is 1. The second kappa shape index (κ2) is 5.74. The van der Waals surface area contributed by atoms with E-state index < -0.39 is 0 Å². The molecule has 0 spiro atoms. The third-order valence-electron chi connectivity index (χ3n) is 3.59. The molecular weight excluding hydrogens is 326 g/mol. The third kappa shape index (κ3) is 2.85.